The summed E-state index contributed by atoms with van der Waals surface area (Å²) in [6, 6.07) is 0. The van der Waals surface area contributed by atoms with E-state index in [-0.39, 0.29) is 5.16 Å². The molecule has 0 aromatic heterocycles. The van der Waals surface area contributed by atoms with Gasteiger partial charge >= 0.3 is 8.80 Å². The molecule has 79 valence electrons. The Balaban J connectivity index is 4.65. The van der Waals surface area contributed by atoms with Crippen molar-refractivity contribution in [1.82, 2.24) is 0 Å². The topological polar surface area (TPSA) is 27.7 Å². The van der Waals surface area contributed by atoms with Gasteiger partial charge in [-0.05, 0) is 0 Å². The molecule has 0 amide bonds. The highest BCUT2D eigenvalue weighted by molar-refractivity contribution is 6.81. The van der Waals surface area contributed by atoms with Gasteiger partial charge in [0, 0.05) is 32.4 Å². The first-order valence-corrected chi connectivity index (χ1v) is 9.00. The SMILES string of the molecule is CO[Si](OC)(OC)C(CCl)[Si](C)C. The Labute approximate surface area is 88.3 Å². The monoisotopic (exact) mass is 241 g/mol. The third-order valence-electron chi connectivity index (χ3n) is 2.13. The van der Waals surface area contributed by atoms with Crippen LogP contribution in [0.2, 0.25) is 18.3 Å². The molecule has 0 saturated heterocycles. The van der Waals surface area contributed by atoms with Gasteiger partial charge in [0.15, 0.2) is 0 Å². The van der Waals surface area contributed by atoms with Gasteiger partial charge in [0.05, 0.1) is 8.80 Å². The van der Waals surface area contributed by atoms with Crippen LogP contribution >= 0.6 is 11.6 Å². The molecule has 0 aliphatic carbocycles. The maximum Gasteiger partial charge on any atom is 0.501 e. The van der Waals surface area contributed by atoms with Crippen LogP contribution in [-0.2, 0) is 13.3 Å². The number of halogens is 1. The van der Waals surface area contributed by atoms with Crippen molar-refractivity contribution >= 4 is 29.2 Å². The number of rotatable bonds is 6. The van der Waals surface area contributed by atoms with Gasteiger partial charge in [-0.1, -0.05) is 13.1 Å². The van der Waals surface area contributed by atoms with Gasteiger partial charge in [0.25, 0.3) is 0 Å². The lowest BCUT2D eigenvalue weighted by Gasteiger charge is -2.32. The third kappa shape index (κ3) is 3.04. The van der Waals surface area contributed by atoms with Crippen molar-refractivity contribution in [3.63, 3.8) is 0 Å². The minimum Gasteiger partial charge on any atom is -0.377 e. The normalized spacial score (nSPS) is 15.0. The second kappa shape index (κ2) is 6.16. The summed E-state index contributed by atoms with van der Waals surface area (Å²) in [7, 11) is 1.83. The standard InChI is InChI=1S/C7H18ClO3Si2/c1-9-13(10-2,11-3)7(6-8)12(4)5/h7H,6H2,1-5H3. The van der Waals surface area contributed by atoms with Crippen molar-refractivity contribution in [2.24, 2.45) is 0 Å². The van der Waals surface area contributed by atoms with Gasteiger partial charge in [-0.15, -0.1) is 11.6 Å². The lowest BCUT2D eigenvalue weighted by atomic mass is 10.9. The summed E-state index contributed by atoms with van der Waals surface area (Å²) in [6.45, 7) is 4.38. The largest absolute Gasteiger partial charge is 0.501 e. The molecule has 0 aromatic rings. The summed E-state index contributed by atoms with van der Waals surface area (Å²) in [5, 5.41) is 0.249. The van der Waals surface area contributed by atoms with Crippen molar-refractivity contribution in [3.05, 3.63) is 0 Å². The number of hydrogen-bond donors (Lipinski definition) is 0. The molecular formula is C7H18ClO3Si2. The molecule has 3 nitrogen and oxygen atoms in total. The molecule has 1 atom stereocenters. The van der Waals surface area contributed by atoms with Crippen LogP contribution < -0.4 is 0 Å². The van der Waals surface area contributed by atoms with Crippen molar-refractivity contribution in [2.45, 2.75) is 18.3 Å². The van der Waals surface area contributed by atoms with Gasteiger partial charge in [-0.3, -0.25) is 0 Å². The molecule has 0 bridgehead atoms. The quantitative estimate of drug-likeness (QED) is 0.524. The molecule has 0 fully saturated rings. The van der Waals surface area contributed by atoms with Gasteiger partial charge < -0.3 is 13.3 Å². The van der Waals surface area contributed by atoms with Crippen LogP contribution in [-0.4, -0.2) is 44.8 Å². The van der Waals surface area contributed by atoms with Crippen LogP contribution in [0.4, 0.5) is 0 Å². The summed E-state index contributed by atoms with van der Waals surface area (Å²) >= 11 is 5.90. The number of hydrogen-bond acceptors (Lipinski definition) is 3. The van der Waals surface area contributed by atoms with Crippen LogP contribution in [0.1, 0.15) is 0 Å². The summed E-state index contributed by atoms with van der Waals surface area (Å²) in [6.07, 6.45) is 0. The molecular weight excluding hydrogens is 224 g/mol. The third-order valence-corrected chi connectivity index (χ3v) is 10.1. The number of alkyl halides is 1. The zero-order chi connectivity index (χ0) is 10.5. The molecule has 0 aliphatic rings. The highest BCUT2D eigenvalue weighted by atomic mass is 35.5. The second-order valence-corrected chi connectivity index (χ2v) is 9.87. The molecule has 0 spiro atoms. The minimum atomic E-state index is -2.50. The van der Waals surface area contributed by atoms with Gasteiger partial charge in [-0.2, -0.15) is 0 Å². The van der Waals surface area contributed by atoms with E-state index in [1.807, 2.05) is 0 Å². The first-order valence-electron chi connectivity index (χ1n) is 4.09. The van der Waals surface area contributed by atoms with Crippen LogP contribution in [0.3, 0.4) is 0 Å². The first kappa shape index (κ1) is 13.6. The first-order chi connectivity index (χ1) is 6.07. The molecule has 0 N–H and O–H groups in total. The fourth-order valence-corrected chi connectivity index (χ4v) is 8.51. The molecule has 13 heavy (non-hydrogen) atoms. The van der Waals surface area contributed by atoms with E-state index >= 15 is 0 Å². The molecule has 0 aliphatic heterocycles. The highest BCUT2D eigenvalue weighted by Gasteiger charge is 2.48. The van der Waals surface area contributed by atoms with E-state index in [1.54, 1.807) is 21.3 Å². The van der Waals surface area contributed by atoms with Gasteiger partial charge in [-0.25, -0.2) is 0 Å². The molecule has 6 heteroatoms. The molecule has 0 aromatic carbocycles. The van der Waals surface area contributed by atoms with Crippen LogP contribution in [0.5, 0.6) is 0 Å². The maximum atomic E-state index is 5.90. The Bertz CT molecular complexity index is 133. The van der Waals surface area contributed by atoms with Gasteiger partial charge in [0.1, 0.15) is 0 Å². The lowest BCUT2D eigenvalue weighted by molar-refractivity contribution is 0.121. The lowest BCUT2D eigenvalue weighted by Crippen LogP contribution is -2.52. The van der Waals surface area contributed by atoms with E-state index in [0.29, 0.717) is 5.88 Å². The molecule has 0 heterocycles. The Morgan fingerprint density at radius 2 is 1.54 bits per heavy atom. The van der Waals surface area contributed by atoms with Crippen LogP contribution in [0.25, 0.3) is 0 Å². The van der Waals surface area contributed by atoms with Crippen molar-refractivity contribution in [1.29, 1.82) is 0 Å². The second-order valence-electron chi connectivity index (χ2n) is 3.00. The molecule has 0 rings (SSSR count). The summed E-state index contributed by atoms with van der Waals surface area (Å²) in [4.78, 5) is 0. The van der Waals surface area contributed by atoms with Crippen molar-refractivity contribution < 1.29 is 13.3 Å². The van der Waals surface area contributed by atoms with E-state index in [1.165, 1.54) is 0 Å². The van der Waals surface area contributed by atoms with E-state index in [4.69, 9.17) is 24.9 Å². The zero-order valence-corrected chi connectivity index (χ0v) is 11.6. The predicted octanol–water partition coefficient (Wildman–Crippen LogP) is 1.77. The Morgan fingerprint density at radius 1 is 1.15 bits per heavy atom. The average Bonchev–Trinajstić information content (AvgIpc) is 2.13. The molecule has 1 radical (unpaired) electrons. The van der Waals surface area contributed by atoms with Crippen LogP contribution in [0.15, 0.2) is 0 Å². The van der Waals surface area contributed by atoms with Crippen molar-refractivity contribution in [2.75, 3.05) is 27.2 Å². The van der Waals surface area contributed by atoms with E-state index in [0.717, 1.165) is 0 Å². The average molecular weight is 242 g/mol. The Morgan fingerprint density at radius 3 is 1.62 bits per heavy atom. The summed E-state index contributed by atoms with van der Waals surface area (Å²) in [5.41, 5.74) is 0. The predicted molar refractivity (Wildman–Crippen MR) is 58.7 cm³/mol. The zero-order valence-electron chi connectivity index (χ0n) is 8.89. The van der Waals surface area contributed by atoms with Crippen molar-refractivity contribution in [3.8, 4) is 0 Å². The van der Waals surface area contributed by atoms with Crippen LogP contribution in [0, 0.1) is 0 Å². The van der Waals surface area contributed by atoms with E-state index in [2.05, 4.69) is 13.1 Å². The van der Waals surface area contributed by atoms with Gasteiger partial charge in [0.2, 0.25) is 0 Å². The highest BCUT2D eigenvalue weighted by Crippen LogP contribution is 2.27. The fourth-order valence-electron chi connectivity index (χ4n) is 1.28. The van der Waals surface area contributed by atoms with E-state index < -0.39 is 17.6 Å². The van der Waals surface area contributed by atoms with E-state index in [9.17, 15) is 0 Å². The molecule has 0 saturated carbocycles. The Hall–Kier alpha value is 0.604. The maximum absolute atomic E-state index is 5.90. The smallest absolute Gasteiger partial charge is 0.377 e. The molecule has 1 unspecified atom stereocenters. The summed E-state index contributed by atoms with van der Waals surface area (Å²) in [5.74, 6) is 0.545. The Kier molecular flexibility index (Phi) is 6.44. The minimum absolute atomic E-state index is 0.249. The fraction of sp³-hybridized carbons (Fsp3) is 1.00. The summed E-state index contributed by atoms with van der Waals surface area (Å²) < 4.78 is 16.2.